The van der Waals surface area contributed by atoms with Crippen molar-refractivity contribution in [3.05, 3.63) is 94.5 Å². The second-order valence-electron chi connectivity index (χ2n) is 6.91. The Kier molecular flexibility index (Phi) is 6.29. The molecule has 0 spiro atoms. The number of rotatable bonds is 6. The molecule has 148 valence electrons. The number of benzene rings is 3. The number of methoxy groups -OCH3 is 1. The minimum Gasteiger partial charge on any atom is -0.496 e. The number of hydrogen-bond acceptors (Lipinski definition) is 3. The molecular weight excluding hydrogens is 364 g/mol. The third-order valence-corrected chi connectivity index (χ3v) is 4.50. The number of carbonyl (C=O) groups excluding carboxylic acids is 2. The first-order valence-electron chi connectivity index (χ1n) is 9.36. The second kappa shape index (κ2) is 9.06. The first-order chi connectivity index (χ1) is 14.0. The molecule has 5 nitrogen and oxygen atoms in total. The molecule has 0 radical (unpaired) electrons. The Morgan fingerprint density at radius 1 is 0.828 bits per heavy atom. The molecule has 29 heavy (non-hydrogen) atoms. The highest BCUT2D eigenvalue weighted by Gasteiger charge is 2.12. The maximum Gasteiger partial charge on any atom is 0.255 e. The van der Waals surface area contributed by atoms with E-state index in [1.807, 2.05) is 56.3 Å². The molecule has 0 aliphatic carbocycles. The van der Waals surface area contributed by atoms with Gasteiger partial charge in [-0.2, -0.15) is 0 Å². The van der Waals surface area contributed by atoms with Crippen molar-refractivity contribution in [1.29, 1.82) is 0 Å². The highest BCUT2D eigenvalue weighted by molar-refractivity contribution is 6.06. The van der Waals surface area contributed by atoms with Crippen LogP contribution >= 0.6 is 0 Å². The number of aryl methyl sites for hydroxylation is 2. The molecule has 0 heterocycles. The van der Waals surface area contributed by atoms with Crippen molar-refractivity contribution >= 4 is 17.5 Å². The number of carbonyl (C=O) groups is 2. The Bertz CT molecular complexity index is 1020. The summed E-state index contributed by atoms with van der Waals surface area (Å²) in [5, 5.41) is 5.76. The van der Waals surface area contributed by atoms with Gasteiger partial charge in [0.1, 0.15) is 5.75 Å². The van der Waals surface area contributed by atoms with Crippen LogP contribution in [0.1, 0.15) is 37.4 Å². The predicted molar refractivity (Wildman–Crippen MR) is 114 cm³/mol. The maximum atomic E-state index is 12.6. The van der Waals surface area contributed by atoms with Crippen LogP contribution in [0.15, 0.2) is 66.7 Å². The third kappa shape index (κ3) is 5.23. The molecule has 0 aliphatic heterocycles. The summed E-state index contributed by atoms with van der Waals surface area (Å²) in [7, 11) is 1.60. The van der Waals surface area contributed by atoms with E-state index in [9.17, 15) is 9.59 Å². The van der Waals surface area contributed by atoms with Crippen LogP contribution in [0.4, 0.5) is 5.69 Å². The standard InChI is InChI=1S/C24H24N2O3/c1-16-11-17(2)13-21(12-16)26-24(28)19-9-6-8-18(14-19)23(27)25-15-20-7-4-5-10-22(20)29-3/h4-14H,15H2,1-3H3,(H,25,27)(H,26,28). The van der Waals surface area contributed by atoms with Crippen LogP contribution < -0.4 is 15.4 Å². The molecule has 3 aromatic carbocycles. The van der Waals surface area contributed by atoms with E-state index in [4.69, 9.17) is 4.74 Å². The van der Waals surface area contributed by atoms with Crippen LogP contribution in [-0.2, 0) is 6.54 Å². The van der Waals surface area contributed by atoms with Crippen molar-refractivity contribution in [3.8, 4) is 5.75 Å². The lowest BCUT2D eigenvalue weighted by Crippen LogP contribution is -2.23. The molecule has 0 unspecified atom stereocenters. The van der Waals surface area contributed by atoms with Gasteiger partial charge in [-0.15, -0.1) is 0 Å². The average Bonchev–Trinajstić information content (AvgIpc) is 2.71. The van der Waals surface area contributed by atoms with E-state index in [-0.39, 0.29) is 11.8 Å². The number of ether oxygens (including phenoxy) is 1. The minimum atomic E-state index is -0.255. The van der Waals surface area contributed by atoms with Gasteiger partial charge in [0.05, 0.1) is 7.11 Å². The van der Waals surface area contributed by atoms with E-state index < -0.39 is 0 Å². The van der Waals surface area contributed by atoms with E-state index in [0.29, 0.717) is 17.7 Å². The van der Waals surface area contributed by atoms with Crippen molar-refractivity contribution < 1.29 is 14.3 Å². The van der Waals surface area contributed by atoms with Gasteiger partial charge in [0.2, 0.25) is 0 Å². The van der Waals surface area contributed by atoms with E-state index >= 15 is 0 Å². The molecule has 0 saturated heterocycles. The topological polar surface area (TPSA) is 67.4 Å². The summed E-state index contributed by atoms with van der Waals surface area (Å²) in [4.78, 5) is 25.2. The number of anilines is 1. The van der Waals surface area contributed by atoms with Crippen molar-refractivity contribution in [3.63, 3.8) is 0 Å². The summed E-state index contributed by atoms with van der Waals surface area (Å²) in [5.41, 5.74) is 4.61. The average molecular weight is 388 g/mol. The molecule has 0 saturated carbocycles. The summed E-state index contributed by atoms with van der Waals surface area (Å²) in [6.07, 6.45) is 0. The summed E-state index contributed by atoms with van der Waals surface area (Å²) >= 11 is 0. The van der Waals surface area contributed by atoms with Crippen molar-refractivity contribution in [2.45, 2.75) is 20.4 Å². The molecule has 0 atom stereocenters. The Balaban J connectivity index is 1.69. The van der Waals surface area contributed by atoms with Crippen LogP contribution in [0.3, 0.4) is 0 Å². The van der Waals surface area contributed by atoms with Gasteiger partial charge in [-0.25, -0.2) is 0 Å². The summed E-state index contributed by atoms with van der Waals surface area (Å²) in [6, 6.07) is 20.0. The number of para-hydroxylation sites is 1. The molecule has 3 aromatic rings. The molecule has 2 N–H and O–H groups in total. The fourth-order valence-corrected chi connectivity index (χ4v) is 3.18. The molecular formula is C24H24N2O3. The predicted octanol–water partition coefficient (Wildman–Crippen LogP) is 4.49. The molecule has 0 aliphatic rings. The lowest BCUT2D eigenvalue weighted by Gasteiger charge is -2.11. The van der Waals surface area contributed by atoms with E-state index in [2.05, 4.69) is 10.6 Å². The zero-order valence-corrected chi connectivity index (χ0v) is 16.8. The molecule has 0 bridgehead atoms. The lowest BCUT2D eigenvalue weighted by atomic mass is 10.1. The lowest BCUT2D eigenvalue weighted by molar-refractivity contribution is 0.0950. The Morgan fingerprint density at radius 2 is 1.48 bits per heavy atom. The number of amides is 2. The van der Waals surface area contributed by atoms with Crippen LogP contribution in [0, 0.1) is 13.8 Å². The SMILES string of the molecule is COc1ccccc1CNC(=O)c1cccc(C(=O)Nc2cc(C)cc(C)c2)c1. The van der Waals surface area contributed by atoms with E-state index in [1.54, 1.807) is 31.4 Å². The number of nitrogens with one attached hydrogen (secondary N) is 2. The van der Waals surface area contributed by atoms with Gasteiger partial charge >= 0.3 is 0 Å². The zero-order valence-electron chi connectivity index (χ0n) is 16.8. The Hall–Kier alpha value is -3.60. The molecule has 0 fully saturated rings. The van der Waals surface area contributed by atoms with E-state index in [1.165, 1.54) is 0 Å². The first-order valence-corrected chi connectivity index (χ1v) is 9.36. The van der Waals surface area contributed by atoms with Crippen molar-refractivity contribution in [1.82, 2.24) is 5.32 Å². The smallest absolute Gasteiger partial charge is 0.255 e. The fourth-order valence-electron chi connectivity index (χ4n) is 3.18. The fraction of sp³-hybridized carbons (Fsp3) is 0.167. The van der Waals surface area contributed by atoms with Gasteiger partial charge in [0.15, 0.2) is 0 Å². The Morgan fingerprint density at radius 3 is 2.17 bits per heavy atom. The normalized spacial score (nSPS) is 10.3. The quantitative estimate of drug-likeness (QED) is 0.654. The van der Waals surface area contributed by atoms with Gasteiger partial charge in [-0.05, 0) is 61.4 Å². The molecule has 2 amide bonds. The highest BCUT2D eigenvalue weighted by atomic mass is 16.5. The third-order valence-electron chi connectivity index (χ3n) is 4.50. The van der Waals surface area contributed by atoms with Gasteiger partial charge in [-0.3, -0.25) is 9.59 Å². The first kappa shape index (κ1) is 20.1. The van der Waals surface area contributed by atoms with Crippen LogP contribution in [0.5, 0.6) is 5.75 Å². The highest BCUT2D eigenvalue weighted by Crippen LogP contribution is 2.18. The second-order valence-corrected chi connectivity index (χ2v) is 6.91. The minimum absolute atomic E-state index is 0.253. The molecule has 3 rings (SSSR count). The maximum absolute atomic E-state index is 12.6. The van der Waals surface area contributed by atoms with Gasteiger partial charge in [-0.1, -0.05) is 30.3 Å². The Labute approximate surface area is 170 Å². The van der Waals surface area contributed by atoms with Crippen LogP contribution in [-0.4, -0.2) is 18.9 Å². The van der Waals surface area contributed by atoms with Crippen LogP contribution in [0.25, 0.3) is 0 Å². The largest absolute Gasteiger partial charge is 0.496 e. The summed E-state index contributed by atoms with van der Waals surface area (Å²) < 4.78 is 5.30. The molecule has 5 heteroatoms. The molecule has 0 aromatic heterocycles. The van der Waals surface area contributed by atoms with Gasteiger partial charge < -0.3 is 15.4 Å². The van der Waals surface area contributed by atoms with E-state index in [0.717, 1.165) is 28.1 Å². The van der Waals surface area contributed by atoms with Gasteiger partial charge in [0, 0.05) is 28.9 Å². The zero-order chi connectivity index (χ0) is 20.8. The summed E-state index contributed by atoms with van der Waals surface area (Å²) in [6.45, 7) is 4.30. The van der Waals surface area contributed by atoms with Crippen molar-refractivity contribution in [2.75, 3.05) is 12.4 Å². The van der Waals surface area contributed by atoms with Crippen LogP contribution in [0.2, 0.25) is 0 Å². The van der Waals surface area contributed by atoms with Crippen molar-refractivity contribution in [2.24, 2.45) is 0 Å². The monoisotopic (exact) mass is 388 g/mol. The number of hydrogen-bond donors (Lipinski definition) is 2. The summed E-state index contributed by atoms with van der Waals surface area (Å²) in [5.74, 6) is 0.209. The van der Waals surface area contributed by atoms with Gasteiger partial charge in [0.25, 0.3) is 11.8 Å².